The number of amidine groups is 2. The number of para-hydroxylation sites is 1. The van der Waals surface area contributed by atoms with Gasteiger partial charge in [0.2, 0.25) is 5.17 Å². The molecule has 0 fully saturated rings. The van der Waals surface area contributed by atoms with Gasteiger partial charge in [-0.3, -0.25) is 10.2 Å². The SMILES string of the molecule is Cc1cccc(C)c1-n1c(C)cc(/C=C2/C(=N)N3N=C(Cc4ccccc4)SC3=NC2=O)c1C. The van der Waals surface area contributed by atoms with E-state index < -0.39 is 5.91 Å². The number of amides is 1. The molecule has 0 unspecified atom stereocenters. The first-order valence-corrected chi connectivity index (χ1v) is 11.9. The molecule has 6 nitrogen and oxygen atoms in total. The molecular weight excluding hydrogens is 442 g/mol. The maximum Gasteiger partial charge on any atom is 0.283 e. The number of rotatable bonds is 4. The predicted octanol–water partition coefficient (Wildman–Crippen LogP) is 5.57. The normalized spacial score (nSPS) is 16.7. The maximum atomic E-state index is 12.9. The number of aryl methyl sites for hydroxylation is 3. The quantitative estimate of drug-likeness (QED) is 0.510. The van der Waals surface area contributed by atoms with Crippen molar-refractivity contribution in [2.45, 2.75) is 34.1 Å². The van der Waals surface area contributed by atoms with Crippen LogP contribution in [0.25, 0.3) is 11.8 Å². The number of aliphatic imine (C=N–C) groups is 1. The Morgan fingerprint density at radius 3 is 2.41 bits per heavy atom. The minimum absolute atomic E-state index is 0.0578. The number of benzene rings is 2. The van der Waals surface area contributed by atoms with Gasteiger partial charge in [0.15, 0.2) is 5.84 Å². The third kappa shape index (κ3) is 3.82. The molecule has 0 saturated carbocycles. The van der Waals surface area contributed by atoms with Gasteiger partial charge in [-0.25, -0.2) is 0 Å². The summed E-state index contributed by atoms with van der Waals surface area (Å²) in [5.41, 5.74) is 7.88. The van der Waals surface area contributed by atoms with Crippen molar-refractivity contribution in [2.24, 2.45) is 10.1 Å². The fourth-order valence-corrected chi connectivity index (χ4v) is 5.38. The van der Waals surface area contributed by atoms with Crippen LogP contribution in [0.2, 0.25) is 0 Å². The molecule has 0 bridgehead atoms. The average molecular weight is 468 g/mol. The number of hydrogen-bond donors (Lipinski definition) is 1. The highest BCUT2D eigenvalue weighted by Gasteiger charge is 2.35. The molecule has 0 spiro atoms. The van der Waals surface area contributed by atoms with Crippen LogP contribution in [-0.4, -0.2) is 31.5 Å². The summed E-state index contributed by atoms with van der Waals surface area (Å²) in [6.07, 6.45) is 2.41. The van der Waals surface area contributed by atoms with Crippen LogP contribution in [-0.2, 0) is 11.2 Å². The number of carbonyl (C=O) groups is 1. The third-order valence-electron chi connectivity index (χ3n) is 6.13. The number of hydrazone groups is 1. The van der Waals surface area contributed by atoms with E-state index >= 15 is 0 Å². The van der Waals surface area contributed by atoms with Crippen molar-refractivity contribution >= 4 is 39.8 Å². The fourth-order valence-electron chi connectivity index (χ4n) is 4.47. The van der Waals surface area contributed by atoms with Gasteiger partial charge >= 0.3 is 0 Å². The number of hydrogen-bond acceptors (Lipinski definition) is 4. The molecule has 0 saturated heterocycles. The minimum atomic E-state index is -0.406. The second-order valence-corrected chi connectivity index (χ2v) is 9.62. The fraction of sp³-hybridized carbons (Fsp3) is 0.185. The van der Waals surface area contributed by atoms with Gasteiger partial charge in [-0.05, 0) is 73.9 Å². The second kappa shape index (κ2) is 8.57. The van der Waals surface area contributed by atoms with Crippen LogP contribution in [0.4, 0.5) is 0 Å². The van der Waals surface area contributed by atoms with E-state index in [1.54, 1.807) is 6.08 Å². The van der Waals surface area contributed by atoms with Gasteiger partial charge in [-0.15, -0.1) is 0 Å². The second-order valence-electron chi connectivity index (χ2n) is 8.58. The van der Waals surface area contributed by atoms with Crippen LogP contribution in [0.1, 0.15) is 33.6 Å². The van der Waals surface area contributed by atoms with Crippen LogP contribution >= 0.6 is 11.8 Å². The van der Waals surface area contributed by atoms with E-state index in [4.69, 9.17) is 5.41 Å². The molecule has 5 rings (SSSR count). The van der Waals surface area contributed by atoms with Gasteiger partial charge in [0.1, 0.15) is 5.04 Å². The minimum Gasteiger partial charge on any atom is -0.317 e. The van der Waals surface area contributed by atoms with E-state index in [2.05, 4.69) is 59.7 Å². The summed E-state index contributed by atoms with van der Waals surface area (Å²) >= 11 is 1.35. The van der Waals surface area contributed by atoms with Crippen molar-refractivity contribution in [2.75, 3.05) is 0 Å². The monoisotopic (exact) mass is 467 g/mol. The molecule has 1 aromatic heterocycles. The van der Waals surface area contributed by atoms with Crippen molar-refractivity contribution in [3.05, 3.63) is 93.8 Å². The molecule has 1 amide bonds. The van der Waals surface area contributed by atoms with Gasteiger partial charge in [0.05, 0.1) is 11.3 Å². The summed E-state index contributed by atoms with van der Waals surface area (Å²) in [4.78, 5) is 17.1. The first-order chi connectivity index (χ1) is 16.3. The van der Waals surface area contributed by atoms with Crippen LogP contribution in [0, 0.1) is 33.1 Å². The zero-order chi connectivity index (χ0) is 24.0. The van der Waals surface area contributed by atoms with Gasteiger partial charge in [-0.2, -0.15) is 15.1 Å². The Morgan fingerprint density at radius 2 is 1.71 bits per heavy atom. The summed E-state index contributed by atoms with van der Waals surface area (Å²) in [7, 11) is 0. The summed E-state index contributed by atoms with van der Waals surface area (Å²) < 4.78 is 2.21. The first-order valence-electron chi connectivity index (χ1n) is 11.1. The molecule has 7 heteroatoms. The Kier molecular flexibility index (Phi) is 5.57. The zero-order valence-electron chi connectivity index (χ0n) is 19.6. The lowest BCUT2D eigenvalue weighted by Gasteiger charge is -2.20. The smallest absolute Gasteiger partial charge is 0.283 e. The van der Waals surface area contributed by atoms with E-state index in [9.17, 15) is 4.79 Å². The highest BCUT2D eigenvalue weighted by atomic mass is 32.2. The summed E-state index contributed by atoms with van der Waals surface area (Å²) in [6, 6.07) is 18.3. The molecule has 0 aliphatic carbocycles. The first kappa shape index (κ1) is 22.1. The van der Waals surface area contributed by atoms with Crippen molar-refractivity contribution in [1.82, 2.24) is 9.58 Å². The van der Waals surface area contributed by atoms with E-state index in [-0.39, 0.29) is 11.4 Å². The molecule has 170 valence electrons. The van der Waals surface area contributed by atoms with Crippen molar-refractivity contribution < 1.29 is 4.79 Å². The zero-order valence-corrected chi connectivity index (χ0v) is 20.4. The highest BCUT2D eigenvalue weighted by Crippen LogP contribution is 2.31. The average Bonchev–Trinajstić information content (AvgIpc) is 3.32. The number of thioether (sulfide) groups is 1. The predicted molar refractivity (Wildman–Crippen MR) is 140 cm³/mol. The number of nitrogens with zero attached hydrogens (tertiary/aromatic N) is 4. The molecule has 0 atom stereocenters. The molecule has 2 aliphatic rings. The number of carbonyl (C=O) groups excluding carboxylic acids is 1. The topological polar surface area (TPSA) is 73.8 Å². The Bertz CT molecular complexity index is 1410. The Labute approximate surface area is 203 Å². The summed E-state index contributed by atoms with van der Waals surface area (Å²) in [5.74, 6) is -0.348. The van der Waals surface area contributed by atoms with Gasteiger partial charge in [0.25, 0.3) is 5.91 Å². The number of aromatic nitrogens is 1. The molecule has 1 N–H and O–H groups in total. The lowest BCUT2D eigenvalue weighted by molar-refractivity contribution is -0.114. The molecular formula is C27H25N5OS. The van der Waals surface area contributed by atoms with Crippen LogP contribution in [0.15, 0.2) is 70.3 Å². The largest absolute Gasteiger partial charge is 0.317 e. The van der Waals surface area contributed by atoms with Crippen LogP contribution < -0.4 is 0 Å². The van der Waals surface area contributed by atoms with Crippen molar-refractivity contribution in [3.63, 3.8) is 0 Å². The molecule has 34 heavy (non-hydrogen) atoms. The van der Waals surface area contributed by atoms with E-state index in [1.165, 1.54) is 27.9 Å². The molecule has 3 aromatic rings. The van der Waals surface area contributed by atoms with E-state index in [0.29, 0.717) is 11.6 Å². The van der Waals surface area contributed by atoms with Gasteiger partial charge in [0, 0.05) is 17.8 Å². The molecule has 2 aliphatic heterocycles. The number of fused-ring (bicyclic) bond motifs is 1. The van der Waals surface area contributed by atoms with Crippen molar-refractivity contribution in [1.29, 1.82) is 5.41 Å². The van der Waals surface area contributed by atoms with Crippen molar-refractivity contribution in [3.8, 4) is 5.69 Å². The van der Waals surface area contributed by atoms with Gasteiger partial charge in [-0.1, -0.05) is 48.5 Å². The number of nitrogens with one attached hydrogen (secondary N) is 1. The Balaban J connectivity index is 1.49. The summed E-state index contributed by atoms with van der Waals surface area (Å²) in [6.45, 7) is 8.30. The van der Waals surface area contributed by atoms with Gasteiger partial charge < -0.3 is 4.57 Å². The molecule has 2 aromatic carbocycles. The Morgan fingerprint density at radius 1 is 1.00 bits per heavy atom. The lowest BCUT2D eigenvalue weighted by Crippen LogP contribution is -2.35. The van der Waals surface area contributed by atoms with E-state index in [0.717, 1.165) is 33.2 Å². The third-order valence-corrected chi connectivity index (χ3v) is 7.04. The lowest BCUT2D eigenvalue weighted by atomic mass is 10.1. The Hall–Kier alpha value is -3.71. The highest BCUT2D eigenvalue weighted by molar-refractivity contribution is 8.26. The molecule has 0 radical (unpaired) electrons. The maximum absolute atomic E-state index is 12.9. The standard InChI is InChI=1S/C27H25N5OS/c1-16-9-8-10-17(2)24(16)31-18(3)13-21(19(31)4)15-22-25(28)32-27(29-26(22)33)34-23(30-32)14-20-11-6-5-7-12-20/h5-13,15,28H,14H2,1-4H3/b22-15-,28-25?. The van der Waals surface area contributed by atoms with Crippen LogP contribution in [0.3, 0.4) is 0 Å². The van der Waals surface area contributed by atoms with E-state index in [1.807, 2.05) is 37.3 Å². The van der Waals surface area contributed by atoms with Crippen LogP contribution in [0.5, 0.6) is 0 Å². The summed E-state index contributed by atoms with van der Waals surface area (Å²) in [5, 5.41) is 16.0. The molecule has 3 heterocycles.